The molecule has 1 aliphatic heterocycles. The number of ether oxygens (including phenoxy) is 1. The lowest BCUT2D eigenvalue weighted by molar-refractivity contribution is 0.00240. The lowest BCUT2D eigenvalue weighted by Gasteiger charge is -2.38. The maximum absolute atomic E-state index is 11.9. The third-order valence-corrected chi connectivity index (χ3v) is 3.46. The van der Waals surface area contributed by atoms with Gasteiger partial charge in [0.15, 0.2) is 0 Å². The van der Waals surface area contributed by atoms with Crippen LogP contribution in [-0.2, 0) is 4.74 Å². The molecule has 1 N–H and O–H groups in total. The van der Waals surface area contributed by atoms with Crippen molar-refractivity contribution < 1.29 is 13.5 Å². The summed E-state index contributed by atoms with van der Waals surface area (Å²) in [6, 6.07) is 1.11. The Labute approximate surface area is 109 Å². The first kappa shape index (κ1) is 15.8. The first-order valence-electron chi connectivity index (χ1n) is 6.96. The predicted octanol–water partition coefficient (Wildman–Crippen LogP) is 2.12. The lowest BCUT2D eigenvalue weighted by Crippen LogP contribution is -2.48. The van der Waals surface area contributed by atoms with Crippen molar-refractivity contribution in [2.45, 2.75) is 51.6 Å². The number of rotatable bonds is 8. The van der Waals surface area contributed by atoms with E-state index in [4.69, 9.17) is 4.74 Å². The Morgan fingerprint density at radius 1 is 1.44 bits per heavy atom. The fourth-order valence-corrected chi connectivity index (χ4v) is 2.44. The van der Waals surface area contributed by atoms with Gasteiger partial charge < -0.3 is 10.1 Å². The second-order valence-corrected chi connectivity index (χ2v) is 5.03. The molecular formula is C13H26F2N2O. The van der Waals surface area contributed by atoms with Crippen molar-refractivity contribution in [3.05, 3.63) is 0 Å². The van der Waals surface area contributed by atoms with E-state index in [-0.39, 0.29) is 0 Å². The molecule has 0 amide bonds. The van der Waals surface area contributed by atoms with Crippen LogP contribution >= 0.6 is 0 Å². The van der Waals surface area contributed by atoms with Crippen LogP contribution in [-0.4, -0.2) is 56.3 Å². The Hall–Kier alpha value is -0.260. The Balaban J connectivity index is 2.13. The minimum absolute atomic E-state index is 0.404. The van der Waals surface area contributed by atoms with Gasteiger partial charge in [-0.2, -0.15) is 0 Å². The highest BCUT2D eigenvalue weighted by atomic mass is 19.3. The van der Waals surface area contributed by atoms with Crippen LogP contribution in [0, 0.1) is 0 Å². The fraction of sp³-hybridized carbons (Fsp3) is 1.00. The molecule has 0 aliphatic carbocycles. The summed E-state index contributed by atoms with van der Waals surface area (Å²) in [4.78, 5) is 2.33. The first-order valence-corrected chi connectivity index (χ1v) is 6.96. The van der Waals surface area contributed by atoms with Gasteiger partial charge in [0, 0.05) is 18.6 Å². The highest BCUT2D eigenvalue weighted by Gasteiger charge is 2.24. The first-order chi connectivity index (χ1) is 8.63. The SMILES string of the molecule is CCCNC1CCN(CCOCC(F)F)C(C)C1. The van der Waals surface area contributed by atoms with E-state index in [1.165, 1.54) is 0 Å². The molecule has 2 atom stereocenters. The van der Waals surface area contributed by atoms with Crippen LogP contribution < -0.4 is 5.32 Å². The zero-order valence-electron chi connectivity index (χ0n) is 11.5. The molecule has 0 radical (unpaired) electrons. The van der Waals surface area contributed by atoms with Crippen molar-refractivity contribution in [2.24, 2.45) is 0 Å². The van der Waals surface area contributed by atoms with Crippen molar-refractivity contribution in [1.29, 1.82) is 0 Å². The standard InChI is InChI=1S/C13H26F2N2O/c1-3-5-16-12-4-6-17(11(2)9-12)7-8-18-10-13(14)15/h11-13,16H,3-10H2,1-2H3. The Bertz CT molecular complexity index is 217. The summed E-state index contributed by atoms with van der Waals surface area (Å²) in [5.74, 6) is 0. The van der Waals surface area contributed by atoms with Crippen LogP contribution in [0.4, 0.5) is 8.78 Å². The largest absolute Gasteiger partial charge is 0.374 e. The number of alkyl halides is 2. The van der Waals surface area contributed by atoms with Gasteiger partial charge in [-0.15, -0.1) is 0 Å². The summed E-state index contributed by atoms with van der Waals surface area (Å²) in [7, 11) is 0. The summed E-state index contributed by atoms with van der Waals surface area (Å²) in [6.45, 7) is 7.20. The van der Waals surface area contributed by atoms with Crippen LogP contribution in [0.15, 0.2) is 0 Å². The Morgan fingerprint density at radius 2 is 2.22 bits per heavy atom. The second kappa shape index (κ2) is 8.77. The zero-order valence-corrected chi connectivity index (χ0v) is 11.5. The van der Waals surface area contributed by atoms with E-state index in [1.54, 1.807) is 0 Å². The van der Waals surface area contributed by atoms with Crippen LogP contribution in [0.5, 0.6) is 0 Å². The normalized spacial score (nSPS) is 25.8. The van der Waals surface area contributed by atoms with E-state index >= 15 is 0 Å². The summed E-state index contributed by atoms with van der Waals surface area (Å²) in [5.41, 5.74) is 0. The van der Waals surface area contributed by atoms with Gasteiger partial charge in [-0.25, -0.2) is 8.78 Å². The van der Waals surface area contributed by atoms with Gasteiger partial charge in [0.25, 0.3) is 6.43 Å². The van der Waals surface area contributed by atoms with Crippen LogP contribution in [0.3, 0.4) is 0 Å². The van der Waals surface area contributed by atoms with E-state index in [0.717, 1.165) is 38.9 Å². The van der Waals surface area contributed by atoms with E-state index in [0.29, 0.717) is 18.7 Å². The molecule has 0 aromatic heterocycles. The van der Waals surface area contributed by atoms with Gasteiger partial charge in [-0.05, 0) is 39.3 Å². The van der Waals surface area contributed by atoms with Crippen LogP contribution in [0.1, 0.15) is 33.1 Å². The van der Waals surface area contributed by atoms with Crippen molar-refractivity contribution in [3.8, 4) is 0 Å². The topological polar surface area (TPSA) is 24.5 Å². The molecule has 0 aromatic rings. The molecule has 0 spiro atoms. The van der Waals surface area contributed by atoms with Crippen LogP contribution in [0.25, 0.3) is 0 Å². The Kier molecular flexibility index (Phi) is 7.70. The molecule has 1 rings (SSSR count). The second-order valence-electron chi connectivity index (χ2n) is 5.03. The minimum atomic E-state index is -2.36. The summed E-state index contributed by atoms with van der Waals surface area (Å²) in [6.07, 6.45) is 1.08. The predicted molar refractivity (Wildman–Crippen MR) is 69.2 cm³/mol. The summed E-state index contributed by atoms with van der Waals surface area (Å²) < 4.78 is 28.7. The maximum atomic E-state index is 11.9. The molecule has 108 valence electrons. The van der Waals surface area contributed by atoms with Gasteiger partial charge in [0.2, 0.25) is 0 Å². The zero-order chi connectivity index (χ0) is 13.4. The van der Waals surface area contributed by atoms with Crippen molar-refractivity contribution in [2.75, 3.05) is 32.8 Å². The van der Waals surface area contributed by atoms with Gasteiger partial charge in [-0.3, -0.25) is 4.90 Å². The lowest BCUT2D eigenvalue weighted by atomic mass is 9.98. The van der Waals surface area contributed by atoms with Gasteiger partial charge in [0.05, 0.1) is 6.61 Å². The van der Waals surface area contributed by atoms with E-state index < -0.39 is 13.0 Å². The van der Waals surface area contributed by atoms with E-state index in [1.807, 2.05) is 0 Å². The monoisotopic (exact) mass is 264 g/mol. The van der Waals surface area contributed by atoms with E-state index in [9.17, 15) is 8.78 Å². The van der Waals surface area contributed by atoms with Crippen molar-refractivity contribution in [3.63, 3.8) is 0 Å². The maximum Gasteiger partial charge on any atom is 0.261 e. The van der Waals surface area contributed by atoms with Gasteiger partial charge >= 0.3 is 0 Å². The van der Waals surface area contributed by atoms with E-state index in [2.05, 4.69) is 24.1 Å². The van der Waals surface area contributed by atoms with Gasteiger partial charge in [0.1, 0.15) is 6.61 Å². The van der Waals surface area contributed by atoms with Crippen LogP contribution in [0.2, 0.25) is 0 Å². The highest BCUT2D eigenvalue weighted by molar-refractivity contribution is 4.82. The number of nitrogens with zero attached hydrogens (tertiary/aromatic N) is 1. The molecule has 0 aromatic carbocycles. The molecule has 1 aliphatic rings. The molecule has 1 saturated heterocycles. The molecule has 1 fully saturated rings. The number of halogens is 2. The molecule has 0 saturated carbocycles. The number of likely N-dealkylation sites (tertiary alicyclic amines) is 1. The molecule has 2 unspecified atom stereocenters. The third-order valence-electron chi connectivity index (χ3n) is 3.46. The highest BCUT2D eigenvalue weighted by Crippen LogP contribution is 2.16. The number of piperidine rings is 1. The smallest absolute Gasteiger partial charge is 0.261 e. The molecule has 0 bridgehead atoms. The summed E-state index contributed by atoms with van der Waals surface area (Å²) >= 11 is 0. The van der Waals surface area contributed by atoms with Crippen molar-refractivity contribution in [1.82, 2.24) is 10.2 Å². The number of hydrogen-bond donors (Lipinski definition) is 1. The minimum Gasteiger partial charge on any atom is -0.374 e. The average Bonchev–Trinajstić information content (AvgIpc) is 2.33. The molecule has 3 nitrogen and oxygen atoms in total. The van der Waals surface area contributed by atoms with Crippen molar-refractivity contribution >= 4 is 0 Å². The third kappa shape index (κ3) is 6.07. The molecule has 5 heteroatoms. The quantitative estimate of drug-likeness (QED) is 0.680. The fourth-order valence-electron chi connectivity index (χ4n) is 2.44. The van der Waals surface area contributed by atoms with Gasteiger partial charge in [-0.1, -0.05) is 6.92 Å². The molecule has 18 heavy (non-hydrogen) atoms. The summed E-state index contributed by atoms with van der Waals surface area (Å²) in [5, 5.41) is 3.55. The molecule has 1 heterocycles. The Morgan fingerprint density at radius 3 is 2.83 bits per heavy atom. The average molecular weight is 264 g/mol. The number of nitrogens with one attached hydrogen (secondary N) is 1. The number of hydrogen-bond acceptors (Lipinski definition) is 3. The molecular weight excluding hydrogens is 238 g/mol.